The largest absolute Gasteiger partial charge is 0.489 e. The molecule has 162 valence electrons. The van der Waals surface area contributed by atoms with Gasteiger partial charge in [0.15, 0.2) is 0 Å². The van der Waals surface area contributed by atoms with Crippen LogP contribution in [0.25, 0.3) is 0 Å². The molecule has 3 aromatic rings. The number of fused-ring (bicyclic) bond motifs is 3. The molecule has 0 amide bonds. The Balaban J connectivity index is 1.45. The quantitative estimate of drug-likeness (QED) is 0.374. The molecule has 4 nitrogen and oxygen atoms in total. The summed E-state index contributed by atoms with van der Waals surface area (Å²) in [5, 5.41) is 3.75. The maximum absolute atomic E-state index is 12.3. The topological polar surface area (TPSA) is 47.6 Å². The third-order valence-electron chi connectivity index (χ3n) is 6.37. The molecule has 1 heterocycles. The van der Waals surface area contributed by atoms with E-state index in [-0.39, 0.29) is 17.9 Å². The molecule has 5 rings (SSSR count). The molecule has 1 aliphatic carbocycles. The number of carbonyl (C=O) groups is 1. The standard InChI is InChI=1S/C28H27NO3/c1-2-31-28(30)20-15-16-25-24(17-20)21-12-8-13-22(21)27(29-25)23-11-6-7-14-26(23)32-18-19-9-4-3-5-10-19/h3-12,14-17,21-22,27,29H,2,13,18H2,1H3. The Hall–Kier alpha value is -3.53. The first-order valence-corrected chi connectivity index (χ1v) is 11.2. The van der Waals surface area contributed by atoms with Gasteiger partial charge in [-0.05, 0) is 54.7 Å². The molecule has 4 heteroatoms. The van der Waals surface area contributed by atoms with E-state index in [4.69, 9.17) is 9.47 Å². The van der Waals surface area contributed by atoms with Gasteiger partial charge >= 0.3 is 5.97 Å². The molecule has 0 saturated heterocycles. The Labute approximate surface area is 188 Å². The summed E-state index contributed by atoms with van der Waals surface area (Å²) < 4.78 is 11.5. The summed E-state index contributed by atoms with van der Waals surface area (Å²) in [7, 11) is 0. The van der Waals surface area contributed by atoms with Crippen molar-refractivity contribution in [1.82, 2.24) is 0 Å². The van der Waals surface area contributed by atoms with E-state index < -0.39 is 0 Å². The van der Waals surface area contributed by atoms with Crippen LogP contribution in [0.3, 0.4) is 0 Å². The normalized spacial score (nSPS) is 20.7. The van der Waals surface area contributed by atoms with Gasteiger partial charge in [0.2, 0.25) is 0 Å². The van der Waals surface area contributed by atoms with Crippen LogP contribution in [-0.4, -0.2) is 12.6 Å². The van der Waals surface area contributed by atoms with E-state index in [1.807, 2.05) is 49.4 Å². The van der Waals surface area contributed by atoms with Crippen LogP contribution in [0.4, 0.5) is 5.69 Å². The highest BCUT2D eigenvalue weighted by atomic mass is 16.5. The van der Waals surface area contributed by atoms with E-state index in [0.29, 0.717) is 24.7 Å². The van der Waals surface area contributed by atoms with Crippen LogP contribution >= 0.6 is 0 Å². The molecule has 3 aromatic carbocycles. The molecule has 0 saturated carbocycles. The van der Waals surface area contributed by atoms with Gasteiger partial charge in [0.05, 0.1) is 18.2 Å². The highest BCUT2D eigenvalue weighted by Gasteiger charge is 2.39. The number of allylic oxidation sites excluding steroid dienone is 2. The number of ether oxygens (including phenoxy) is 2. The van der Waals surface area contributed by atoms with Crippen molar-refractivity contribution in [2.75, 3.05) is 11.9 Å². The van der Waals surface area contributed by atoms with Gasteiger partial charge in [0.25, 0.3) is 0 Å². The molecule has 1 aliphatic heterocycles. The summed E-state index contributed by atoms with van der Waals surface area (Å²) in [4.78, 5) is 12.3. The molecule has 1 N–H and O–H groups in total. The van der Waals surface area contributed by atoms with Crippen molar-refractivity contribution in [3.8, 4) is 5.75 Å². The minimum atomic E-state index is -0.268. The summed E-state index contributed by atoms with van der Waals surface area (Å²) in [6, 6.07) is 24.5. The first kappa shape index (κ1) is 20.4. The molecule has 32 heavy (non-hydrogen) atoms. The zero-order chi connectivity index (χ0) is 21.9. The number of anilines is 1. The van der Waals surface area contributed by atoms with Gasteiger partial charge in [-0.1, -0.05) is 60.7 Å². The zero-order valence-electron chi connectivity index (χ0n) is 18.2. The van der Waals surface area contributed by atoms with Crippen LogP contribution in [-0.2, 0) is 11.3 Å². The molecular formula is C28H27NO3. The van der Waals surface area contributed by atoms with Gasteiger partial charge < -0.3 is 14.8 Å². The van der Waals surface area contributed by atoms with Crippen LogP contribution in [0.1, 0.15) is 52.4 Å². The summed E-state index contributed by atoms with van der Waals surface area (Å²) in [6.45, 7) is 2.74. The predicted octanol–water partition coefficient (Wildman–Crippen LogP) is 6.27. The molecule has 3 atom stereocenters. The first-order valence-electron chi connectivity index (χ1n) is 11.2. The molecule has 0 bridgehead atoms. The molecule has 0 radical (unpaired) electrons. The van der Waals surface area contributed by atoms with Crippen molar-refractivity contribution in [1.29, 1.82) is 0 Å². The van der Waals surface area contributed by atoms with Crippen LogP contribution in [0.2, 0.25) is 0 Å². The summed E-state index contributed by atoms with van der Waals surface area (Å²) in [5.74, 6) is 1.26. The second-order valence-electron chi connectivity index (χ2n) is 8.31. The molecule has 0 aromatic heterocycles. The maximum atomic E-state index is 12.3. The summed E-state index contributed by atoms with van der Waals surface area (Å²) >= 11 is 0. The van der Waals surface area contributed by atoms with Crippen molar-refractivity contribution < 1.29 is 14.3 Å². The number of esters is 1. The van der Waals surface area contributed by atoms with E-state index in [1.165, 1.54) is 5.56 Å². The smallest absolute Gasteiger partial charge is 0.338 e. The predicted molar refractivity (Wildman–Crippen MR) is 126 cm³/mol. The molecule has 0 spiro atoms. The maximum Gasteiger partial charge on any atom is 0.338 e. The van der Waals surface area contributed by atoms with Gasteiger partial charge in [-0.3, -0.25) is 0 Å². The second kappa shape index (κ2) is 8.91. The van der Waals surface area contributed by atoms with Gasteiger partial charge in [0.1, 0.15) is 12.4 Å². The number of hydrogen-bond acceptors (Lipinski definition) is 4. The van der Waals surface area contributed by atoms with E-state index in [1.54, 1.807) is 0 Å². The molecular weight excluding hydrogens is 398 g/mol. The number of para-hydroxylation sites is 1. The monoisotopic (exact) mass is 425 g/mol. The SMILES string of the molecule is CCOC(=O)c1ccc2c(c1)C1C=CCC1C(c1ccccc1OCc1ccccc1)N2. The lowest BCUT2D eigenvalue weighted by atomic mass is 9.76. The lowest BCUT2D eigenvalue weighted by Crippen LogP contribution is -2.29. The minimum Gasteiger partial charge on any atom is -0.489 e. The molecule has 2 aliphatic rings. The number of nitrogens with one attached hydrogen (secondary N) is 1. The van der Waals surface area contributed by atoms with Crippen LogP contribution in [0, 0.1) is 5.92 Å². The van der Waals surface area contributed by atoms with E-state index in [2.05, 4.69) is 47.8 Å². The molecule has 3 unspecified atom stereocenters. The summed E-state index contributed by atoms with van der Waals surface area (Å²) in [6.07, 6.45) is 5.52. The van der Waals surface area contributed by atoms with Crippen molar-refractivity contribution >= 4 is 11.7 Å². The average molecular weight is 426 g/mol. The van der Waals surface area contributed by atoms with Gasteiger partial charge in [0, 0.05) is 17.2 Å². The van der Waals surface area contributed by atoms with E-state index in [0.717, 1.165) is 29.0 Å². The zero-order valence-corrected chi connectivity index (χ0v) is 18.2. The fourth-order valence-electron chi connectivity index (χ4n) is 4.85. The van der Waals surface area contributed by atoms with Crippen LogP contribution in [0.15, 0.2) is 84.9 Å². The van der Waals surface area contributed by atoms with E-state index in [9.17, 15) is 4.79 Å². The third kappa shape index (κ3) is 3.89. The lowest BCUT2D eigenvalue weighted by Gasteiger charge is -2.38. The lowest BCUT2D eigenvalue weighted by molar-refractivity contribution is 0.0526. The Bertz CT molecular complexity index is 1140. The Morgan fingerprint density at radius 1 is 1.00 bits per heavy atom. The first-order chi connectivity index (χ1) is 15.7. The highest BCUT2D eigenvalue weighted by molar-refractivity contribution is 5.90. The highest BCUT2D eigenvalue weighted by Crippen LogP contribution is 2.51. The summed E-state index contributed by atoms with van der Waals surface area (Å²) in [5.41, 5.74) is 5.15. The van der Waals surface area contributed by atoms with Crippen molar-refractivity contribution in [3.05, 3.63) is 107 Å². The fraction of sp³-hybridized carbons (Fsp3) is 0.250. The minimum absolute atomic E-state index is 0.128. The van der Waals surface area contributed by atoms with Gasteiger partial charge in [-0.15, -0.1) is 0 Å². The van der Waals surface area contributed by atoms with Crippen molar-refractivity contribution in [2.24, 2.45) is 5.92 Å². The fourth-order valence-corrected chi connectivity index (χ4v) is 4.85. The number of hydrogen-bond donors (Lipinski definition) is 1. The van der Waals surface area contributed by atoms with Crippen LogP contribution < -0.4 is 10.1 Å². The van der Waals surface area contributed by atoms with Crippen LogP contribution in [0.5, 0.6) is 5.75 Å². The average Bonchev–Trinajstić information content (AvgIpc) is 3.33. The van der Waals surface area contributed by atoms with Gasteiger partial charge in [-0.2, -0.15) is 0 Å². The van der Waals surface area contributed by atoms with Gasteiger partial charge in [-0.25, -0.2) is 4.79 Å². The molecule has 0 fully saturated rings. The van der Waals surface area contributed by atoms with Crippen molar-refractivity contribution in [3.63, 3.8) is 0 Å². The van der Waals surface area contributed by atoms with Crippen molar-refractivity contribution in [2.45, 2.75) is 31.9 Å². The second-order valence-corrected chi connectivity index (χ2v) is 8.31. The van der Waals surface area contributed by atoms with E-state index >= 15 is 0 Å². The Morgan fingerprint density at radius 3 is 2.66 bits per heavy atom. The number of carbonyl (C=O) groups excluding carboxylic acids is 1. The number of rotatable bonds is 6. The number of benzene rings is 3. The third-order valence-corrected chi connectivity index (χ3v) is 6.37. The Kier molecular flexibility index (Phi) is 5.68. The Morgan fingerprint density at radius 2 is 1.81 bits per heavy atom.